The van der Waals surface area contributed by atoms with Gasteiger partial charge in [0.2, 0.25) is 0 Å². The molecule has 4 heteroatoms. The van der Waals surface area contributed by atoms with Crippen molar-refractivity contribution in [2.45, 2.75) is 141 Å². The van der Waals surface area contributed by atoms with Crippen molar-refractivity contribution in [2.24, 2.45) is 0 Å². The first-order valence-electron chi connectivity index (χ1n) is 13.4. The molecule has 0 rings (SSSR count). The lowest BCUT2D eigenvalue weighted by atomic mass is 9.99. The zero-order valence-corrected chi connectivity index (χ0v) is 22.7. The van der Waals surface area contributed by atoms with Crippen LogP contribution in [0.4, 0.5) is 0 Å². The Labute approximate surface area is 196 Å². The van der Waals surface area contributed by atoms with Gasteiger partial charge in [0.1, 0.15) is 0 Å². The molecule has 31 heavy (non-hydrogen) atoms. The molecule has 184 valence electrons. The van der Waals surface area contributed by atoms with Crippen LogP contribution >= 0.6 is 8.03 Å². The molecule has 0 saturated heterocycles. The predicted octanol–water partition coefficient (Wildman–Crippen LogP) is 8.50. The molecule has 2 atom stereocenters. The van der Waals surface area contributed by atoms with Crippen molar-refractivity contribution in [1.82, 2.24) is 0 Å². The van der Waals surface area contributed by atoms with Crippen molar-refractivity contribution in [3.8, 4) is 0 Å². The number of quaternary nitrogens is 1. The van der Waals surface area contributed by atoms with Crippen molar-refractivity contribution in [1.29, 1.82) is 0 Å². The van der Waals surface area contributed by atoms with Gasteiger partial charge in [-0.05, 0) is 38.5 Å². The van der Waals surface area contributed by atoms with Gasteiger partial charge in [0.05, 0.1) is 21.1 Å². The standard InChI is InChI=1S/C27H55NO2P/c1-6-8-9-10-11-12-13-14-15-16-17-18-19-20-21-22-23-24-26-27(25-7-2,31(29)30)28(3,4)5/h17-18H,6-16,19-26H2,1-5H3/q+1/b18-17-. The molecule has 0 amide bonds. The summed E-state index contributed by atoms with van der Waals surface area (Å²) in [7, 11) is 3.66. The van der Waals surface area contributed by atoms with E-state index in [-0.39, 0.29) is 0 Å². The summed E-state index contributed by atoms with van der Waals surface area (Å²) >= 11 is 0. The maximum absolute atomic E-state index is 12.1. The van der Waals surface area contributed by atoms with Crippen LogP contribution in [0.1, 0.15) is 136 Å². The molecule has 0 heterocycles. The molecular formula is C27H55NO2P+. The summed E-state index contributed by atoms with van der Waals surface area (Å²) in [6.45, 7) is 4.37. The van der Waals surface area contributed by atoms with Crippen LogP contribution in [0.25, 0.3) is 0 Å². The summed E-state index contributed by atoms with van der Waals surface area (Å²) in [5, 5.41) is -0.595. The van der Waals surface area contributed by atoms with Gasteiger partial charge in [-0.1, -0.05) is 101 Å². The fourth-order valence-corrected chi connectivity index (χ4v) is 5.87. The molecule has 0 fully saturated rings. The van der Waals surface area contributed by atoms with E-state index in [9.17, 15) is 9.46 Å². The number of rotatable bonds is 22. The molecule has 3 nitrogen and oxygen atoms in total. The van der Waals surface area contributed by atoms with Gasteiger partial charge in [-0.25, -0.2) is 0 Å². The van der Waals surface area contributed by atoms with E-state index in [0.29, 0.717) is 4.48 Å². The Kier molecular flexibility index (Phi) is 19.1. The fourth-order valence-electron chi connectivity index (χ4n) is 4.63. The minimum Gasteiger partial charge on any atom is -0.590 e. The number of hydrogen-bond acceptors (Lipinski definition) is 2. The van der Waals surface area contributed by atoms with Gasteiger partial charge in [0.15, 0.2) is 0 Å². The molecule has 0 aliphatic rings. The molecule has 0 aromatic rings. The maximum atomic E-state index is 12.1. The van der Waals surface area contributed by atoms with Crippen LogP contribution in [0.5, 0.6) is 0 Å². The Balaban J connectivity index is 3.69. The smallest absolute Gasteiger partial charge is 0.376 e. The second-order valence-corrected chi connectivity index (χ2v) is 11.7. The van der Waals surface area contributed by atoms with Crippen LogP contribution in [0, 0.1) is 0 Å². The van der Waals surface area contributed by atoms with E-state index in [0.717, 1.165) is 32.1 Å². The van der Waals surface area contributed by atoms with E-state index in [2.05, 4.69) is 26.0 Å². The number of unbranched alkanes of at least 4 members (excludes halogenated alkanes) is 14. The highest BCUT2D eigenvalue weighted by Crippen LogP contribution is 2.45. The number of nitrogens with zero attached hydrogens (tertiary/aromatic N) is 1. The lowest BCUT2D eigenvalue weighted by molar-refractivity contribution is -0.910. The largest absolute Gasteiger partial charge is 0.590 e. The molecule has 0 bridgehead atoms. The zero-order valence-electron chi connectivity index (χ0n) is 21.8. The number of hydrogen-bond donors (Lipinski definition) is 0. The van der Waals surface area contributed by atoms with Crippen LogP contribution < -0.4 is 4.89 Å². The summed E-state index contributed by atoms with van der Waals surface area (Å²) in [6, 6.07) is 0. The lowest BCUT2D eigenvalue weighted by Gasteiger charge is -2.39. The van der Waals surface area contributed by atoms with Gasteiger partial charge < -0.3 is 4.89 Å². The molecule has 0 radical (unpaired) electrons. The third-order valence-corrected chi connectivity index (χ3v) is 8.55. The average Bonchev–Trinajstić information content (AvgIpc) is 2.71. The van der Waals surface area contributed by atoms with Crippen LogP contribution in [-0.4, -0.2) is 30.9 Å². The first-order chi connectivity index (χ1) is 14.8. The first-order valence-corrected chi connectivity index (χ1v) is 14.6. The minimum absolute atomic E-state index is 0.517. The van der Waals surface area contributed by atoms with Gasteiger partial charge in [-0.2, -0.15) is 0 Å². The van der Waals surface area contributed by atoms with E-state index in [1.54, 1.807) is 0 Å². The summed E-state index contributed by atoms with van der Waals surface area (Å²) in [5.41, 5.74) is 0. The second-order valence-electron chi connectivity index (χ2n) is 10.4. The molecule has 0 aromatic carbocycles. The fraction of sp³-hybridized carbons (Fsp3) is 0.926. The quantitative estimate of drug-likeness (QED) is 0.0709. The van der Waals surface area contributed by atoms with Crippen molar-refractivity contribution < 1.29 is 13.9 Å². The van der Waals surface area contributed by atoms with E-state index >= 15 is 0 Å². The summed E-state index contributed by atoms with van der Waals surface area (Å²) in [6.07, 6.45) is 28.2. The van der Waals surface area contributed by atoms with Gasteiger partial charge >= 0.3 is 8.03 Å². The molecule has 0 aliphatic heterocycles. The highest BCUT2D eigenvalue weighted by atomic mass is 31.1. The van der Waals surface area contributed by atoms with E-state index in [4.69, 9.17) is 0 Å². The average molecular weight is 457 g/mol. The molecule has 0 aliphatic carbocycles. The van der Waals surface area contributed by atoms with Gasteiger partial charge in [-0.3, -0.25) is 4.48 Å². The summed E-state index contributed by atoms with van der Waals surface area (Å²) in [4.78, 5) is 12.1. The Bertz CT molecular complexity index is 459. The van der Waals surface area contributed by atoms with Crippen molar-refractivity contribution in [2.75, 3.05) is 21.1 Å². The minimum atomic E-state index is -2.42. The molecule has 0 N–H and O–H groups in total. The topological polar surface area (TPSA) is 40.1 Å². The van der Waals surface area contributed by atoms with Crippen LogP contribution in [-0.2, 0) is 4.57 Å². The predicted molar refractivity (Wildman–Crippen MR) is 137 cm³/mol. The highest BCUT2D eigenvalue weighted by molar-refractivity contribution is 7.38. The van der Waals surface area contributed by atoms with Crippen LogP contribution in [0.15, 0.2) is 12.2 Å². The summed E-state index contributed by atoms with van der Waals surface area (Å²) < 4.78 is 12.6. The molecule has 2 unspecified atom stereocenters. The van der Waals surface area contributed by atoms with Gasteiger partial charge in [-0.15, -0.1) is 0 Å². The van der Waals surface area contributed by atoms with E-state index < -0.39 is 13.3 Å². The van der Waals surface area contributed by atoms with Crippen molar-refractivity contribution in [3.63, 3.8) is 0 Å². The maximum Gasteiger partial charge on any atom is 0.376 e. The lowest BCUT2D eigenvalue weighted by Crippen LogP contribution is -2.55. The van der Waals surface area contributed by atoms with Gasteiger partial charge in [0.25, 0.3) is 5.28 Å². The Hall–Kier alpha value is -0.240. The zero-order chi connectivity index (χ0) is 23.4. The molecular weight excluding hydrogens is 401 g/mol. The third kappa shape index (κ3) is 14.5. The van der Waals surface area contributed by atoms with Crippen LogP contribution in [0.3, 0.4) is 0 Å². The number of allylic oxidation sites excluding steroid dienone is 2. The van der Waals surface area contributed by atoms with E-state index in [1.165, 1.54) is 89.9 Å². The molecule has 0 saturated carbocycles. The summed E-state index contributed by atoms with van der Waals surface area (Å²) in [5.74, 6) is 0. The Morgan fingerprint density at radius 1 is 0.645 bits per heavy atom. The van der Waals surface area contributed by atoms with Gasteiger partial charge in [0, 0.05) is 12.8 Å². The third-order valence-electron chi connectivity index (χ3n) is 6.83. The molecule has 0 aromatic heterocycles. The Morgan fingerprint density at radius 3 is 1.45 bits per heavy atom. The first kappa shape index (κ1) is 30.8. The van der Waals surface area contributed by atoms with Crippen molar-refractivity contribution >= 4 is 8.03 Å². The second kappa shape index (κ2) is 19.2. The normalized spacial score (nSPS) is 14.8. The monoisotopic (exact) mass is 456 g/mol. The Morgan fingerprint density at radius 2 is 1.06 bits per heavy atom. The van der Waals surface area contributed by atoms with Crippen molar-refractivity contribution in [3.05, 3.63) is 12.2 Å². The highest BCUT2D eigenvalue weighted by Gasteiger charge is 2.53. The van der Waals surface area contributed by atoms with E-state index in [1.807, 2.05) is 21.1 Å². The van der Waals surface area contributed by atoms with Crippen LogP contribution in [0.2, 0.25) is 0 Å². The SMILES string of the molecule is CCCCCCCCCCC/C=C\CCCCCCCC(CCC)([P+](=O)[O-])[N+](C)(C)C. The molecule has 0 spiro atoms.